The van der Waals surface area contributed by atoms with Gasteiger partial charge in [-0.1, -0.05) is 48.0 Å². The van der Waals surface area contributed by atoms with Crippen LogP contribution in [-0.2, 0) is 11.2 Å². The lowest BCUT2D eigenvalue weighted by atomic mass is 10.0. The number of carbonyl (C=O) groups is 2. The minimum atomic E-state index is -0.320. The Labute approximate surface area is 174 Å². The molecular formula is C23H21ClN2O3. The van der Waals surface area contributed by atoms with E-state index in [1.165, 1.54) is 0 Å². The molecule has 2 amide bonds. The highest BCUT2D eigenvalue weighted by Gasteiger charge is 2.10. The van der Waals surface area contributed by atoms with Crippen molar-refractivity contribution in [3.63, 3.8) is 0 Å². The van der Waals surface area contributed by atoms with Gasteiger partial charge in [-0.15, -0.1) is 0 Å². The minimum absolute atomic E-state index is 0.159. The molecule has 0 aliphatic rings. The maximum atomic E-state index is 12.3. The molecule has 0 saturated carbocycles. The molecule has 0 bridgehead atoms. The van der Waals surface area contributed by atoms with Crippen LogP contribution in [-0.4, -0.2) is 25.5 Å². The molecule has 0 fully saturated rings. The third-order valence-corrected chi connectivity index (χ3v) is 4.49. The quantitative estimate of drug-likeness (QED) is 0.612. The van der Waals surface area contributed by atoms with E-state index in [2.05, 4.69) is 10.6 Å². The maximum absolute atomic E-state index is 12.3. The van der Waals surface area contributed by atoms with E-state index in [0.717, 1.165) is 11.1 Å². The van der Waals surface area contributed by atoms with Crippen molar-refractivity contribution in [3.8, 4) is 5.75 Å². The molecule has 3 aromatic carbocycles. The molecule has 0 unspecified atom stereocenters. The Morgan fingerprint density at radius 2 is 1.76 bits per heavy atom. The van der Waals surface area contributed by atoms with Gasteiger partial charge in [-0.2, -0.15) is 0 Å². The van der Waals surface area contributed by atoms with Gasteiger partial charge < -0.3 is 15.4 Å². The fraction of sp³-hybridized carbons (Fsp3) is 0.130. The Morgan fingerprint density at radius 3 is 2.52 bits per heavy atom. The molecule has 0 aromatic heterocycles. The fourth-order valence-corrected chi connectivity index (χ4v) is 3.06. The van der Waals surface area contributed by atoms with Crippen molar-refractivity contribution in [2.75, 3.05) is 19.0 Å². The van der Waals surface area contributed by atoms with Gasteiger partial charge in [-0.3, -0.25) is 9.59 Å². The van der Waals surface area contributed by atoms with Crippen molar-refractivity contribution < 1.29 is 14.3 Å². The van der Waals surface area contributed by atoms with Crippen LogP contribution in [0.25, 0.3) is 0 Å². The third kappa shape index (κ3) is 5.83. The van der Waals surface area contributed by atoms with E-state index in [1.54, 1.807) is 43.4 Å². The van der Waals surface area contributed by atoms with Crippen LogP contribution < -0.4 is 15.4 Å². The summed E-state index contributed by atoms with van der Waals surface area (Å²) in [6.07, 6.45) is 0.645. The van der Waals surface area contributed by atoms with Gasteiger partial charge >= 0.3 is 0 Å². The van der Waals surface area contributed by atoms with Gasteiger partial charge in [-0.25, -0.2) is 0 Å². The molecule has 0 heterocycles. The number of benzene rings is 3. The Bertz CT molecular complexity index is 1010. The molecule has 0 aliphatic carbocycles. The number of anilines is 1. The fourth-order valence-electron chi connectivity index (χ4n) is 2.87. The number of hydrogen-bond acceptors (Lipinski definition) is 3. The number of carbonyl (C=O) groups excluding carboxylic acids is 2. The van der Waals surface area contributed by atoms with Crippen molar-refractivity contribution in [2.45, 2.75) is 6.42 Å². The standard InChI is InChI=1S/C23H21ClN2O3/c1-25-23(28)17-8-5-9-20(14-17)26-22(27)15-29-21-11-10-19(24)13-18(21)12-16-6-3-2-4-7-16/h2-11,13-14H,12,15H2,1H3,(H,25,28)(H,26,27). The Kier molecular flexibility index (Phi) is 6.87. The lowest BCUT2D eigenvalue weighted by Crippen LogP contribution is -2.21. The van der Waals surface area contributed by atoms with Crippen LogP contribution in [0.5, 0.6) is 5.75 Å². The summed E-state index contributed by atoms with van der Waals surface area (Å²) >= 11 is 6.14. The molecule has 5 nitrogen and oxygen atoms in total. The summed E-state index contributed by atoms with van der Waals surface area (Å²) in [4.78, 5) is 24.0. The number of halogens is 1. The number of rotatable bonds is 7. The zero-order chi connectivity index (χ0) is 20.6. The number of nitrogens with one attached hydrogen (secondary N) is 2. The van der Waals surface area contributed by atoms with Crippen molar-refractivity contribution in [3.05, 3.63) is 94.5 Å². The highest BCUT2D eigenvalue weighted by Crippen LogP contribution is 2.25. The van der Waals surface area contributed by atoms with Crippen LogP contribution in [0.2, 0.25) is 5.02 Å². The van der Waals surface area contributed by atoms with Gasteiger partial charge in [0.05, 0.1) is 0 Å². The summed E-state index contributed by atoms with van der Waals surface area (Å²) in [5.41, 5.74) is 3.02. The molecule has 0 aliphatic heterocycles. The second-order valence-corrected chi connectivity index (χ2v) is 6.85. The maximum Gasteiger partial charge on any atom is 0.262 e. The van der Waals surface area contributed by atoms with Crippen molar-refractivity contribution in [1.29, 1.82) is 0 Å². The molecule has 0 atom stereocenters. The smallest absolute Gasteiger partial charge is 0.262 e. The van der Waals surface area contributed by atoms with Gasteiger partial charge in [0.2, 0.25) is 0 Å². The van der Waals surface area contributed by atoms with E-state index in [0.29, 0.717) is 28.4 Å². The number of hydrogen-bond donors (Lipinski definition) is 2. The highest BCUT2D eigenvalue weighted by atomic mass is 35.5. The topological polar surface area (TPSA) is 67.4 Å². The van der Waals surface area contributed by atoms with E-state index in [1.807, 2.05) is 36.4 Å². The molecule has 2 N–H and O–H groups in total. The predicted molar refractivity (Wildman–Crippen MR) is 115 cm³/mol. The molecule has 0 spiro atoms. The first-order valence-electron chi connectivity index (χ1n) is 9.12. The average molecular weight is 409 g/mol. The molecule has 148 valence electrons. The van der Waals surface area contributed by atoms with E-state index >= 15 is 0 Å². The van der Waals surface area contributed by atoms with Gasteiger partial charge in [0.1, 0.15) is 5.75 Å². The molecule has 29 heavy (non-hydrogen) atoms. The summed E-state index contributed by atoms with van der Waals surface area (Å²) in [5.74, 6) is 0.0660. The number of ether oxygens (including phenoxy) is 1. The monoisotopic (exact) mass is 408 g/mol. The lowest BCUT2D eigenvalue weighted by Gasteiger charge is -2.13. The SMILES string of the molecule is CNC(=O)c1cccc(NC(=O)COc2ccc(Cl)cc2Cc2ccccc2)c1. The Hall–Kier alpha value is -3.31. The van der Waals surface area contributed by atoms with Crippen molar-refractivity contribution in [2.24, 2.45) is 0 Å². The summed E-state index contributed by atoms with van der Waals surface area (Å²) in [5, 5.41) is 5.90. The van der Waals surface area contributed by atoms with Crippen LogP contribution >= 0.6 is 11.6 Å². The lowest BCUT2D eigenvalue weighted by molar-refractivity contribution is -0.118. The number of amides is 2. The summed E-state index contributed by atoms with van der Waals surface area (Å²) in [6.45, 7) is -0.159. The first-order valence-corrected chi connectivity index (χ1v) is 9.50. The largest absolute Gasteiger partial charge is 0.483 e. The van der Waals surface area contributed by atoms with E-state index < -0.39 is 0 Å². The molecule has 0 radical (unpaired) electrons. The van der Waals surface area contributed by atoms with E-state index in [4.69, 9.17) is 16.3 Å². The molecular weight excluding hydrogens is 388 g/mol. The molecule has 0 saturated heterocycles. The Morgan fingerprint density at radius 1 is 0.966 bits per heavy atom. The van der Waals surface area contributed by atoms with Crippen LogP contribution in [0.3, 0.4) is 0 Å². The molecule has 3 rings (SSSR count). The van der Waals surface area contributed by atoms with E-state index in [9.17, 15) is 9.59 Å². The van der Waals surface area contributed by atoms with Crippen LogP contribution in [0, 0.1) is 0 Å². The molecule has 3 aromatic rings. The molecule has 6 heteroatoms. The second-order valence-electron chi connectivity index (χ2n) is 6.41. The van der Waals surface area contributed by atoms with Crippen molar-refractivity contribution >= 4 is 29.1 Å². The predicted octanol–water partition coefficient (Wildman–Crippen LogP) is 4.31. The first kappa shape index (κ1) is 20.4. The van der Waals surface area contributed by atoms with Gasteiger partial charge in [0.15, 0.2) is 6.61 Å². The average Bonchev–Trinajstić information content (AvgIpc) is 2.73. The van der Waals surface area contributed by atoms with Crippen LogP contribution in [0.4, 0.5) is 5.69 Å². The Balaban J connectivity index is 1.65. The zero-order valence-electron chi connectivity index (χ0n) is 15.9. The minimum Gasteiger partial charge on any atom is -0.483 e. The summed E-state index contributed by atoms with van der Waals surface area (Å²) in [7, 11) is 1.56. The van der Waals surface area contributed by atoms with Gasteiger partial charge in [0, 0.05) is 29.7 Å². The highest BCUT2D eigenvalue weighted by molar-refractivity contribution is 6.30. The summed E-state index contributed by atoms with van der Waals surface area (Å²) in [6, 6.07) is 22.0. The van der Waals surface area contributed by atoms with E-state index in [-0.39, 0.29) is 18.4 Å². The van der Waals surface area contributed by atoms with Crippen LogP contribution in [0.15, 0.2) is 72.8 Å². The van der Waals surface area contributed by atoms with Gasteiger partial charge in [-0.05, 0) is 47.5 Å². The van der Waals surface area contributed by atoms with Gasteiger partial charge in [0.25, 0.3) is 11.8 Å². The third-order valence-electron chi connectivity index (χ3n) is 4.25. The zero-order valence-corrected chi connectivity index (χ0v) is 16.7. The van der Waals surface area contributed by atoms with Crippen molar-refractivity contribution in [1.82, 2.24) is 5.32 Å². The normalized spacial score (nSPS) is 10.3. The first-order chi connectivity index (χ1) is 14.0. The summed E-state index contributed by atoms with van der Waals surface area (Å²) < 4.78 is 5.75. The second kappa shape index (κ2) is 9.75. The van der Waals surface area contributed by atoms with Crippen LogP contribution in [0.1, 0.15) is 21.5 Å².